The van der Waals surface area contributed by atoms with E-state index >= 15 is 0 Å². The van der Waals surface area contributed by atoms with Crippen LogP contribution < -0.4 is 11.1 Å². The Kier molecular flexibility index (Phi) is 2.68. The van der Waals surface area contributed by atoms with Crippen LogP contribution in [0, 0.1) is 5.82 Å². The summed E-state index contributed by atoms with van der Waals surface area (Å²) in [5, 5.41) is 2.88. The van der Waals surface area contributed by atoms with Crippen LogP contribution >= 0.6 is 0 Å². The molecule has 0 radical (unpaired) electrons. The maximum atomic E-state index is 13.1. The zero-order valence-corrected chi connectivity index (χ0v) is 9.16. The van der Waals surface area contributed by atoms with Crippen LogP contribution in [0.25, 0.3) is 0 Å². The van der Waals surface area contributed by atoms with Gasteiger partial charge in [-0.15, -0.1) is 0 Å². The first-order valence-corrected chi connectivity index (χ1v) is 5.37. The molecule has 1 aliphatic rings. The predicted molar refractivity (Wildman–Crippen MR) is 59.1 cm³/mol. The zero-order chi connectivity index (χ0) is 11.8. The fourth-order valence-electron chi connectivity index (χ4n) is 1.75. The lowest BCUT2D eigenvalue weighted by atomic mass is 10.0. The molecule has 2 rings (SSSR count). The number of nitrogens with two attached hydrogens (primary N) is 1. The van der Waals surface area contributed by atoms with E-state index < -0.39 is 6.04 Å². The molecule has 0 unspecified atom stereocenters. The highest BCUT2D eigenvalue weighted by atomic mass is 19.1. The standard InChI is InChI=1S/C12H15FN2O/c1-8(14)11(16)15-12(5-6-12)9-3-2-4-10(13)7-9/h2-4,7-8H,5-6,14H2,1H3,(H,15,16)/t8-/m1/s1. The Morgan fingerprint density at radius 2 is 2.25 bits per heavy atom. The van der Waals surface area contributed by atoms with Gasteiger partial charge in [0.05, 0.1) is 11.6 Å². The number of rotatable bonds is 3. The molecular formula is C12H15FN2O. The SMILES string of the molecule is C[C@@H](N)C(=O)NC1(c2cccc(F)c2)CC1. The van der Waals surface area contributed by atoms with Gasteiger partial charge in [0.25, 0.3) is 0 Å². The van der Waals surface area contributed by atoms with E-state index in [4.69, 9.17) is 5.73 Å². The summed E-state index contributed by atoms with van der Waals surface area (Å²) in [5.41, 5.74) is 5.93. The van der Waals surface area contributed by atoms with Crippen LogP contribution in [0.4, 0.5) is 4.39 Å². The predicted octanol–water partition coefficient (Wildman–Crippen LogP) is 1.28. The third-order valence-electron chi connectivity index (χ3n) is 2.90. The van der Waals surface area contributed by atoms with Crippen LogP contribution in [0.1, 0.15) is 25.3 Å². The van der Waals surface area contributed by atoms with E-state index in [1.807, 2.05) is 6.07 Å². The summed E-state index contributed by atoms with van der Waals surface area (Å²) in [4.78, 5) is 11.5. The van der Waals surface area contributed by atoms with Crippen LogP contribution in [-0.4, -0.2) is 11.9 Å². The Hall–Kier alpha value is -1.42. The van der Waals surface area contributed by atoms with Crippen molar-refractivity contribution in [2.75, 3.05) is 0 Å². The molecule has 1 amide bonds. The minimum atomic E-state index is -0.536. The van der Waals surface area contributed by atoms with Crippen molar-refractivity contribution in [1.29, 1.82) is 0 Å². The van der Waals surface area contributed by atoms with Gasteiger partial charge in [-0.1, -0.05) is 12.1 Å². The second-order valence-corrected chi connectivity index (χ2v) is 4.37. The second kappa shape index (κ2) is 3.87. The maximum absolute atomic E-state index is 13.1. The summed E-state index contributed by atoms with van der Waals surface area (Å²) in [6.07, 6.45) is 1.68. The van der Waals surface area contributed by atoms with E-state index in [0.29, 0.717) is 0 Å². The molecule has 1 aromatic carbocycles. The number of benzene rings is 1. The number of hydrogen-bond donors (Lipinski definition) is 2. The molecule has 1 fully saturated rings. The van der Waals surface area contributed by atoms with Gasteiger partial charge in [-0.25, -0.2) is 4.39 Å². The molecule has 1 aliphatic carbocycles. The van der Waals surface area contributed by atoms with Crippen molar-refractivity contribution in [3.8, 4) is 0 Å². The molecule has 0 heterocycles. The summed E-state index contributed by atoms with van der Waals surface area (Å²) < 4.78 is 13.1. The smallest absolute Gasteiger partial charge is 0.237 e. The minimum absolute atomic E-state index is 0.193. The number of carbonyl (C=O) groups excluding carboxylic acids is 1. The van der Waals surface area contributed by atoms with Gasteiger partial charge >= 0.3 is 0 Å². The van der Waals surface area contributed by atoms with E-state index in [1.165, 1.54) is 12.1 Å². The van der Waals surface area contributed by atoms with Gasteiger partial charge < -0.3 is 11.1 Å². The largest absolute Gasteiger partial charge is 0.345 e. The average Bonchev–Trinajstić information content (AvgIpc) is 2.99. The Morgan fingerprint density at radius 1 is 1.56 bits per heavy atom. The average molecular weight is 222 g/mol. The molecular weight excluding hydrogens is 207 g/mol. The van der Waals surface area contributed by atoms with Crippen molar-refractivity contribution in [3.05, 3.63) is 35.6 Å². The van der Waals surface area contributed by atoms with E-state index in [-0.39, 0.29) is 17.3 Å². The van der Waals surface area contributed by atoms with Crippen LogP contribution in [0.15, 0.2) is 24.3 Å². The minimum Gasteiger partial charge on any atom is -0.345 e. The summed E-state index contributed by atoms with van der Waals surface area (Å²) in [5.74, 6) is -0.472. The number of halogens is 1. The van der Waals surface area contributed by atoms with Crippen LogP contribution in [0.2, 0.25) is 0 Å². The number of carbonyl (C=O) groups is 1. The van der Waals surface area contributed by atoms with Crippen molar-refractivity contribution < 1.29 is 9.18 Å². The quantitative estimate of drug-likeness (QED) is 0.809. The van der Waals surface area contributed by atoms with Gasteiger partial charge in [-0.05, 0) is 37.5 Å². The Labute approximate surface area is 93.8 Å². The molecule has 4 heteroatoms. The number of amides is 1. The first-order valence-electron chi connectivity index (χ1n) is 5.37. The highest BCUT2D eigenvalue weighted by Gasteiger charge is 2.46. The highest BCUT2D eigenvalue weighted by molar-refractivity contribution is 5.82. The zero-order valence-electron chi connectivity index (χ0n) is 9.16. The molecule has 0 aromatic heterocycles. The van der Waals surface area contributed by atoms with E-state index in [9.17, 15) is 9.18 Å². The Bertz CT molecular complexity index is 413. The fraction of sp³-hybridized carbons (Fsp3) is 0.417. The molecule has 0 spiro atoms. The maximum Gasteiger partial charge on any atom is 0.237 e. The second-order valence-electron chi connectivity index (χ2n) is 4.37. The summed E-state index contributed by atoms with van der Waals surface area (Å²) in [7, 11) is 0. The summed E-state index contributed by atoms with van der Waals surface area (Å²) in [6.45, 7) is 1.64. The number of hydrogen-bond acceptors (Lipinski definition) is 2. The first-order chi connectivity index (χ1) is 7.53. The molecule has 0 bridgehead atoms. The molecule has 1 atom stereocenters. The molecule has 86 valence electrons. The Morgan fingerprint density at radius 3 is 2.75 bits per heavy atom. The van der Waals surface area contributed by atoms with Gasteiger partial charge in [0.15, 0.2) is 0 Å². The number of nitrogens with one attached hydrogen (secondary N) is 1. The highest BCUT2D eigenvalue weighted by Crippen LogP contribution is 2.45. The van der Waals surface area contributed by atoms with Crippen molar-refractivity contribution in [3.63, 3.8) is 0 Å². The molecule has 0 aliphatic heterocycles. The summed E-state index contributed by atoms with van der Waals surface area (Å²) in [6, 6.07) is 5.81. The van der Waals surface area contributed by atoms with Crippen molar-refractivity contribution in [2.24, 2.45) is 5.73 Å². The van der Waals surface area contributed by atoms with Crippen molar-refractivity contribution in [1.82, 2.24) is 5.32 Å². The van der Waals surface area contributed by atoms with Crippen LogP contribution in [0.3, 0.4) is 0 Å². The molecule has 1 saturated carbocycles. The molecule has 3 N–H and O–H groups in total. The van der Waals surface area contributed by atoms with E-state index in [2.05, 4.69) is 5.32 Å². The topological polar surface area (TPSA) is 55.1 Å². The lowest BCUT2D eigenvalue weighted by molar-refractivity contribution is -0.123. The fourth-order valence-corrected chi connectivity index (χ4v) is 1.75. The van der Waals surface area contributed by atoms with Crippen LogP contribution in [0.5, 0.6) is 0 Å². The van der Waals surface area contributed by atoms with Crippen LogP contribution in [-0.2, 0) is 10.3 Å². The normalized spacial score (nSPS) is 18.9. The van der Waals surface area contributed by atoms with E-state index in [0.717, 1.165) is 18.4 Å². The molecule has 1 aromatic rings. The van der Waals surface area contributed by atoms with Gasteiger partial charge in [0.1, 0.15) is 5.82 Å². The third-order valence-corrected chi connectivity index (χ3v) is 2.90. The van der Waals surface area contributed by atoms with Gasteiger partial charge in [0.2, 0.25) is 5.91 Å². The van der Waals surface area contributed by atoms with Crippen molar-refractivity contribution in [2.45, 2.75) is 31.3 Å². The van der Waals surface area contributed by atoms with Gasteiger partial charge in [-0.2, -0.15) is 0 Å². The Balaban J connectivity index is 2.17. The molecule has 3 nitrogen and oxygen atoms in total. The third kappa shape index (κ3) is 2.07. The van der Waals surface area contributed by atoms with Gasteiger partial charge in [0, 0.05) is 0 Å². The van der Waals surface area contributed by atoms with Crippen molar-refractivity contribution >= 4 is 5.91 Å². The molecule has 0 saturated heterocycles. The molecule has 16 heavy (non-hydrogen) atoms. The van der Waals surface area contributed by atoms with Gasteiger partial charge in [-0.3, -0.25) is 4.79 Å². The monoisotopic (exact) mass is 222 g/mol. The lowest BCUT2D eigenvalue weighted by Gasteiger charge is -2.19. The first kappa shape index (κ1) is 11.1. The van der Waals surface area contributed by atoms with E-state index in [1.54, 1.807) is 13.0 Å². The summed E-state index contributed by atoms with van der Waals surface area (Å²) >= 11 is 0. The lowest BCUT2D eigenvalue weighted by Crippen LogP contribution is -2.44.